The van der Waals surface area contributed by atoms with Crippen LogP contribution in [0.3, 0.4) is 0 Å². The van der Waals surface area contributed by atoms with Crippen LogP contribution in [0, 0.1) is 5.82 Å². The van der Waals surface area contributed by atoms with Gasteiger partial charge in [-0.25, -0.2) is 4.39 Å². The lowest BCUT2D eigenvalue weighted by Crippen LogP contribution is -2.43. The fourth-order valence-electron chi connectivity index (χ4n) is 2.65. The number of methoxy groups -OCH3 is 1. The van der Waals surface area contributed by atoms with Crippen molar-refractivity contribution in [3.63, 3.8) is 0 Å². The van der Waals surface area contributed by atoms with Crippen molar-refractivity contribution >= 4 is 5.91 Å². The molecule has 2 atom stereocenters. The molecule has 0 bridgehead atoms. The summed E-state index contributed by atoms with van der Waals surface area (Å²) in [5, 5.41) is 3.39. The maximum atomic E-state index is 13.1. The van der Waals surface area contributed by atoms with Gasteiger partial charge in [0.2, 0.25) is 5.91 Å². The zero-order chi connectivity index (χ0) is 15.5. The summed E-state index contributed by atoms with van der Waals surface area (Å²) >= 11 is 0. The van der Waals surface area contributed by atoms with Crippen LogP contribution in [-0.2, 0) is 9.53 Å². The molecule has 0 aromatic heterocycles. The van der Waals surface area contributed by atoms with E-state index in [0.29, 0.717) is 19.6 Å². The Morgan fingerprint density at radius 1 is 1.38 bits per heavy atom. The first-order chi connectivity index (χ1) is 10.0. The lowest BCUT2D eigenvalue weighted by Gasteiger charge is -2.24. The first-order valence-corrected chi connectivity index (χ1v) is 7.35. The van der Waals surface area contributed by atoms with E-state index in [9.17, 15) is 9.18 Å². The SMILES string of the molecule is CCC1(C)NC(c2ccc(F)cc2)N(CCCOC)C1=O. The van der Waals surface area contributed by atoms with Crippen molar-refractivity contribution in [3.8, 4) is 0 Å². The second-order valence-electron chi connectivity index (χ2n) is 5.63. The van der Waals surface area contributed by atoms with Gasteiger partial charge in [0.15, 0.2) is 0 Å². The molecule has 0 aliphatic carbocycles. The van der Waals surface area contributed by atoms with Gasteiger partial charge in [0.1, 0.15) is 12.0 Å². The molecule has 1 aliphatic rings. The number of carbonyl (C=O) groups is 1. The molecule has 116 valence electrons. The second kappa shape index (κ2) is 6.54. The number of nitrogens with zero attached hydrogens (tertiary/aromatic N) is 1. The topological polar surface area (TPSA) is 41.6 Å². The normalized spacial score (nSPS) is 25.6. The number of benzene rings is 1. The van der Waals surface area contributed by atoms with Crippen LogP contribution in [0.25, 0.3) is 0 Å². The summed E-state index contributed by atoms with van der Waals surface area (Å²) < 4.78 is 18.2. The molecule has 5 heteroatoms. The Hall–Kier alpha value is -1.46. The number of amides is 1. The number of hydrogen-bond donors (Lipinski definition) is 1. The van der Waals surface area contributed by atoms with Crippen LogP contribution in [0.2, 0.25) is 0 Å². The minimum atomic E-state index is -0.563. The minimum Gasteiger partial charge on any atom is -0.385 e. The van der Waals surface area contributed by atoms with E-state index in [0.717, 1.165) is 12.0 Å². The van der Waals surface area contributed by atoms with Gasteiger partial charge >= 0.3 is 0 Å². The molecule has 1 aromatic carbocycles. The maximum absolute atomic E-state index is 13.1. The van der Waals surface area contributed by atoms with Gasteiger partial charge in [-0.15, -0.1) is 0 Å². The highest BCUT2D eigenvalue weighted by molar-refractivity contribution is 5.88. The average Bonchev–Trinajstić information content (AvgIpc) is 2.74. The molecule has 1 aliphatic heterocycles. The van der Waals surface area contributed by atoms with Crippen molar-refractivity contribution in [2.45, 2.75) is 38.4 Å². The number of ether oxygens (including phenoxy) is 1. The Morgan fingerprint density at radius 2 is 2.05 bits per heavy atom. The average molecular weight is 294 g/mol. The fourth-order valence-corrected chi connectivity index (χ4v) is 2.65. The molecular weight excluding hydrogens is 271 g/mol. The minimum absolute atomic E-state index is 0.0930. The molecule has 0 saturated carbocycles. The van der Waals surface area contributed by atoms with Gasteiger partial charge in [-0.1, -0.05) is 19.1 Å². The van der Waals surface area contributed by atoms with Crippen LogP contribution in [0.5, 0.6) is 0 Å². The van der Waals surface area contributed by atoms with Crippen molar-refractivity contribution in [1.29, 1.82) is 0 Å². The highest BCUT2D eigenvalue weighted by Gasteiger charge is 2.46. The van der Waals surface area contributed by atoms with E-state index in [1.54, 1.807) is 19.2 Å². The smallest absolute Gasteiger partial charge is 0.244 e. The first-order valence-electron chi connectivity index (χ1n) is 7.35. The summed E-state index contributed by atoms with van der Waals surface area (Å²) in [6, 6.07) is 6.31. The molecule has 1 N–H and O–H groups in total. The van der Waals surface area contributed by atoms with Gasteiger partial charge in [-0.3, -0.25) is 10.1 Å². The van der Waals surface area contributed by atoms with Gasteiger partial charge < -0.3 is 9.64 Å². The van der Waals surface area contributed by atoms with Gasteiger partial charge in [0.25, 0.3) is 0 Å². The summed E-state index contributed by atoms with van der Waals surface area (Å²) in [4.78, 5) is 14.5. The highest BCUT2D eigenvalue weighted by atomic mass is 19.1. The van der Waals surface area contributed by atoms with Crippen LogP contribution in [-0.4, -0.2) is 36.6 Å². The second-order valence-corrected chi connectivity index (χ2v) is 5.63. The Balaban J connectivity index is 2.23. The Kier molecular flexibility index (Phi) is 4.96. The van der Waals surface area contributed by atoms with Crippen molar-refractivity contribution in [3.05, 3.63) is 35.6 Å². The number of nitrogens with one attached hydrogen (secondary N) is 1. The molecule has 1 fully saturated rings. The standard InChI is InChI=1S/C16H23FN2O2/c1-4-16(2)15(20)19(10-5-11-21-3)14(18-16)12-6-8-13(17)9-7-12/h6-9,14,18H,4-5,10-11H2,1-3H3. The maximum Gasteiger partial charge on any atom is 0.244 e. The molecule has 1 heterocycles. The largest absolute Gasteiger partial charge is 0.385 e. The summed E-state index contributed by atoms with van der Waals surface area (Å²) in [5.41, 5.74) is 0.339. The van der Waals surface area contributed by atoms with Crippen LogP contribution in [0.4, 0.5) is 4.39 Å². The lowest BCUT2D eigenvalue weighted by molar-refractivity contribution is -0.133. The molecule has 1 aromatic rings. The quantitative estimate of drug-likeness (QED) is 0.820. The zero-order valence-corrected chi connectivity index (χ0v) is 12.9. The van der Waals surface area contributed by atoms with E-state index in [4.69, 9.17) is 4.74 Å². The highest BCUT2D eigenvalue weighted by Crippen LogP contribution is 2.32. The molecule has 0 radical (unpaired) electrons. The van der Waals surface area contributed by atoms with Crippen LogP contribution in [0.15, 0.2) is 24.3 Å². The number of carbonyl (C=O) groups excluding carboxylic acids is 1. The number of rotatable bonds is 6. The summed E-state index contributed by atoms with van der Waals surface area (Å²) in [6.45, 7) is 5.15. The van der Waals surface area contributed by atoms with E-state index in [2.05, 4.69) is 5.32 Å². The molecule has 1 amide bonds. The van der Waals surface area contributed by atoms with Gasteiger partial charge in [0, 0.05) is 20.3 Å². The van der Waals surface area contributed by atoms with Gasteiger partial charge in [-0.2, -0.15) is 0 Å². The van der Waals surface area contributed by atoms with Crippen molar-refractivity contribution in [1.82, 2.24) is 10.2 Å². The van der Waals surface area contributed by atoms with E-state index >= 15 is 0 Å². The molecule has 21 heavy (non-hydrogen) atoms. The van der Waals surface area contributed by atoms with E-state index in [-0.39, 0.29) is 17.9 Å². The Morgan fingerprint density at radius 3 is 2.62 bits per heavy atom. The number of hydrogen-bond acceptors (Lipinski definition) is 3. The molecule has 0 spiro atoms. The van der Waals surface area contributed by atoms with Crippen molar-refractivity contribution in [2.24, 2.45) is 0 Å². The van der Waals surface area contributed by atoms with E-state index in [1.165, 1.54) is 12.1 Å². The predicted octanol–water partition coefficient (Wildman–Crippen LogP) is 2.46. The molecular formula is C16H23FN2O2. The van der Waals surface area contributed by atoms with E-state index in [1.807, 2.05) is 18.7 Å². The monoisotopic (exact) mass is 294 g/mol. The third-order valence-corrected chi connectivity index (χ3v) is 4.14. The predicted molar refractivity (Wildman–Crippen MR) is 79.2 cm³/mol. The van der Waals surface area contributed by atoms with Crippen molar-refractivity contribution in [2.75, 3.05) is 20.3 Å². The fraction of sp³-hybridized carbons (Fsp3) is 0.562. The zero-order valence-electron chi connectivity index (χ0n) is 12.9. The summed E-state index contributed by atoms with van der Waals surface area (Å²) in [5.74, 6) is -0.178. The van der Waals surface area contributed by atoms with Crippen LogP contribution in [0.1, 0.15) is 38.4 Å². The van der Waals surface area contributed by atoms with Crippen LogP contribution < -0.4 is 5.32 Å². The van der Waals surface area contributed by atoms with Gasteiger partial charge in [-0.05, 0) is 37.5 Å². The molecule has 2 unspecified atom stereocenters. The Labute approximate surface area is 125 Å². The van der Waals surface area contributed by atoms with Crippen molar-refractivity contribution < 1.29 is 13.9 Å². The van der Waals surface area contributed by atoms with Gasteiger partial charge in [0.05, 0.1) is 5.54 Å². The summed E-state index contributed by atoms with van der Waals surface area (Å²) in [6.07, 6.45) is 1.28. The molecule has 4 nitrogen and oxygen atoms in total. The lowest BCUT2D eigenvalue weighted by atomic mass is 9.99. The van der Waals surface area contributed by atoms with E-state index < -0.39 is 5.54 Å². The number of halogens is 1. The first kappa shape index (κ1) is 15.9. The third kappa shape index (κ3) is 3.24. The molecule has 1 saturated heterocycles. The summed E-state index contributed by atoms with van der Waals surface area (Å²) in [7, 11) is 1.65. The van der Waals surface area contributed by atoms with Crippen LogP contribution >= 0.6 is 0 Å². The Bertz CT molecular complexity index is 492. The third-order valence-electron chi connectivity index (χ3n) is 4.14. The molecule has 2 rings (SSSR count).